The Kier molecular flexibility index (Phi) is 7.85. The standard InChI is InChI=1S/C13H14ClN3O2S.C9H18N2O2/c14-10-8-16-7-9-3-1-4-11(13(9)10)20(18,19)17-6-2-5-12(17)15;1-9(2,3)13-8(12)11-5-4-7(10)6-11/h1,3-4,7-8,12H,2,5-6,15H2;7H,4-6,10H2,1-3H3/t;7-/m.1/s1. The van der Waals surface area contributed by atoms with Gasteiger partial charge in [-0.2, -0.15) is 4.31 Å². The number of likely N-dealkylation sites (tertiary alicyclic amines) is 1. The van der Waals surface area contributed by atoms with E-state index in [1.165, 1.54) is 10.5 Å². The number of pyridine rings is 1. The first kappa shape index (κ1) is 25.6. The highest BCUT2D eigenvalue weighted by molar-refractivity contribution is 7.89. The molecule has 2 aliphatic rings. The van der Waals surface area contributed by atoms with Crippen molar-refractivity contribution in [3.05, 3.63) is 35.6 Å². The average molecular weight is 498 g/mol. The Bertz CT molecular complexity index is 1100. The number of carbonyl (C=O) groups excluding carboxylic acids is 1. The Hall–Kier alpha value is -1.98. The van der Waals surface area contributed by atoms with Gasteiger partial charge in [0.25, 0.3) is 0 Å². The zero-order valence-electron chi connectivity index (χ0n) is 19.2. The van der Waals surface area contributed by atoms with Crippen LogP contribution < -0.4 is 11.5 Å². The van der Waals surface area contributed by atoms with Gasteiger partial charge >= 0.3 is 6.09 Å². The second-order valence-corrected chi connectivity index (χ2v) is 11.5. The number of rotatable bonds is 2. The first-order valence-electron chi connectivity index (χ1n) is 10.9. The van der Waals surface area contributed by atoms with E-state index < -0.39 is 21.8 Å². The maximum absolute atomic E-state index is 12.8. The van der Waals surface area contributed by atoms with Crippen LogP contribution in [0.5, 0.6) is 0 Å². The summed E-state index contributed by atoms with van der Waals surface area (Å²) in [6, 6.07) is 5.16. The van der Waals surface area contributed by atoms with Crippen molar-refractivity contribution in [1.82, 2.24) is 14.2 Å². The summed E-state index contributed by atoms with van der Waals surface area (Å²) < 4.78 is 32.1. The van der Waals surface area contributed by atoms with Crippen molar-refractivity contribution in [3.63, 3.8) is 0 Å². The number of amides is 1. The maximum atomic E-state index is 12.8. The molecule has 0 bridgehead atoms. The highest BCUT2D eigenvalue weighted by Crippen LogP contribution is 2.32. The molecule has 9 nitrogen and oxygen atoms in total. The molecule has 1 aromatic heterocycles. The van der Waals surface area contributed by atoms with E-state index in [9.17, 15) is 13.2 Å². The third-order valence-corrected chi connectivity index (χ3v) is 7.66. The Morgan fingerprint density at radius 3 is 2.48 bits per heavy atom. The molecular formula is C22H32ClN5O4S. The zero-order chi connectivity index (χ0) is 24.4. The van der Waals surface area contributed by atoms with Crippen LogP contribution in [0.15, 0.2) is 35.5 Å². The molecule has 2 fully saturated rings. The number of nitrogens with zero attached hydrogens (tertiary/aromatic N) is 3. The van der Waals surface area contributed by atoms with Gasteiger partial charge in [-0.05, 0) is 46.1 Å². The maximum Gasteiger partial charge on any atom is 0.410 e. The lowest BCUT2D eigenvalue weighted by Crippen LogP contribution is -2.40. The van der Waals surface area contributed by atoms with E-state index in [1.807, 2.05) is 20.8 Å². The van der Waals surface area contributed by atoms with Gasteiger partial charge in [0.15, 0.2) is 0 Å². The highest BCUT2D eigenvalue weighted by Gasteiger charge is 2.34. The van der Waals surface area contributed by atoms with Gasteiger partial charge in [-0.1, -0.05) is 23.7 Å². The number of sulfonamides is 1. The summed E-state index contributed by atoms with van der Waals surface area (Å²) in [4.78, 5) is 17.3. The average Bonchev–Trinajstić information content (AvgIpc) is 3.36. The minimum atomic E-state index is -3.64. The third kappa shape index (κ3) is 6.13. The lowest BCUT2D eigenvalue weighted by Gasteiger charge is -2.24. The fourth-order valence-corrected chi connectivity index (χ4v) is 5.99. The van der Waals surface area contributed by atoms with Gasteiger partial charge in [-0.25, -0.2) is 13.2 Å². The second-order valence-electron chi connectivity index (χ2n) is 9.28. The predicted octanol–water partition coefficient (Wildman–Crippen LogP) is 2.91. The van der Waals surface area contributed by atoms with Crippen molar-refractivity contribution in [3.8, 4) is 0 Å². The summed E-state index contributed by atoms with van der Waals surface area (Å²) in [5.74, 6) is 0. The predicted molar refractivity (Wildman–Crippen MR) is 128 cm³/mol. The number of aromatic nitrogens is 1. The smallest absolute Gasteiger partial charge is 0.410 e. The van der Waals surface area contributed by atoms with Crippen molar-refractivity contribution in [2.45, 2.75) is 62.7 Å². The van der Waals surface area contributed by atoms with Crippen molar-refractivity contribution >= 4 is 38.5 Å². The first-order valence-corrected chi connectivity index (χ1v) is 12.7. The summed E-state index contributed by atoms with van der Waals surface area (Å²) in [5, 5.41) is 1.53. The van der Waals surface area contributed by atoms with Crippen LogP contribution in [0, 0.1) is 0 Å². The Morgan fingerprint density at radius 1 is 1.18 bits per heavy atom. The van der Waals surface area contributed by atoms with Crippen LogP contribution in [0.1, 0.15) is 40.0 Å². The normalized spacial score (nSPS) is 21.7. The van der Waals surface area contributed by atoms with Crippen molar-refractivity contribution in [1.29, 1.82) is 0 Å². The van der Waals surface area contributed by atoms with E-state index in [1.54, 1.807) is 29.3 Å². The molecule has 2 aromatic rings. The lowest BCUT2D eigenvalue weighted by atomic mass is 10.2. The van der Waals surface area contributed by atoms with E-state index in [4.69, 9.17) is 27.8 Å². The summed E-state index contributed by atoms with van der Waals surface area (Å²) in [5.41, 5.74) is 11.2. The van der Waals surface area contributed by atoms with Gasteiger partial charge in [0.05, 0.1) is 16.1 Å². The van der Waals surface area contributed by atoms with Crippen LogP contribution in [-0.2, 0) is 14.8 Å². The van der Waals surface area contributed by atoms with Gasteiger partial charge < -0.3 is 21.1 Å². The molecule has 2 aliphatic heterocycles. The van der Waals surface area contributed by atoms with Crippen molar-refractivity contribution < 1.29 is 17.9 Å². The minimum absolute atomic E-state index is 0.118. The van der Waals surface area contributed by atoms with Gasteiger partial charge in [-0.15, -0.1) is 0 Å². The van der Waals surface area contributed by atoms with Gasteiger partial charge in [0.2, 0.25) is 10.0 Å². The number of carbonyl (C=O) groups is 1. The number of halogens is 1. The molecular weight excluding hydrogens is 466 g/mol. The lowest BCUT2D eigenvalue weighted by molar-refractivity contribution is 0.0292. The number of hydrogen-bond donors (Lipinski definition) is 2. The van der Waals surface area contributed by atoms with Crippen LogP contribution in [0.25, 0.3) is 10.8 Å². The summed E-state index contributed by atoms with van der Waals surface area (Å²) in [6.07, 6.45) is 4.67. The molecule has 0 aliphatic carbocycles. The molecule has 11 heteroatoms. The fraction of sp³-hybridized carbons (Fsp3) is 0.545. The van der Waals surface area contributed by atoms with E-state index in [-0.39, 0.29) is 17.0 Å². The van der Waals surface area contributed by atoms with Crippen LogP contribution in [0.2, 0.25) is 5.02 Å². The molecule has 33 heavy (non-hydrogen) atoms. The number of fused-ring (bicyclic) bond motifs is 1. The molecule has 3 heterocycles. The van der Waals surface area contributed by atoms with E-state index in [0.29, 0.717) is 35.3 Å². The number of benzene rings is 1. The number of ether oxygens (including phenoxy) is 1. The number of nitrogens with two attached hydrogens (primary N) is 2. The Balaban J connectivity index is 0.000000205. The highest BCUT2D eigenvalue weighted by atomic mass is 35.5. The van der Waals surface area contributed by atoms with Crippen LogP contribution in [-0.4, -0.2) is 66.1 Å². The summed E-state index contributed by atoms with van der Waals surface area (Å²) in [6.45, 7) is 7.37. The third-order valence-electron chi connectivity index (χ3n) is 5.41. The second kappa shape index (κ2) is 10.1. The van der Waals surface area contributed by atoms with E-state index >= 15 is 0 Å². The fourth-order valence-electron chi connectivity index (χ4n) is 3.84. The van der Waals surface area contributed by atoms with Gasteiger partial charge in [0, 0.05) is 48.8 Å². The first-order chi connectivity index (χ1) is 15.4. The van der Waals surface area contributed by atoms with E-state index in [2.05, 4.69) is 4.98 Å². The zero-order valence-corrected chi connectivity index (χ0v) is 20.8. The Labute approximate surface area is 200 Å². The van der Waals surface area contributed by atoms with Crippen LogP contribution in [0.4, 0.5) is 4.79 Å². The molecule has 4 N–H and O–H groups in total. The molecule has 182 valence electrons. The van der Waals surface area contributed by atoms with Crippen molar-refractivity contribution in [2.24, 2.45) is 11.5 Å². The largest absolute Gasteiger partial charge is 0.444 e. The summed E-state index contributed by atoms with van der Waals surface area (Å²) in [7, 11) is -3.64. The molecule has 2 saturated heterocycles. The molecule has 0 spiro atoms. The molecule has 2 atom stereocenters. The van der Waals surface area contributed by atoms with Crippen molar-refractivity contribution in [2.75, 3.05) is 19.6 Å². The molecule has 4 rings (SSSR count). The monoisotopic (exact) mass is 497 g/mol. The SMILES string of the molecule is CC(C)(C)OC(=O)N1CC[C@@H](N)C1.NC1CCCN1S(=O)(=O)c1cccc2cncc(Cl)c12. The quantitative estimate of drug-likeness (QED) is 0.651. The van der Waals surface area contributed by atoms with E-state index in [0.717, 1.165) is 19.4 Å². The topological polar surface area (TPSA) is 132 Å². The molecule has 1 unspecified atom stereocenters. The van der Waals surface area contributed by atoms with Gasteiger partial charge in [-0.3, -0.25) is 4.98 Å². The van der Waals surface area contributed by atoms with Crippen LogP contribution >= 0.6 is 11.6 Å². The Morgan fingerprint density at radius 2 is 1.91 bits per heavy atom. The molecule has 0 radical (unpaired) electrons. The minimum Gasteiger partial charge on any atom is -0.444 e. The molecule has 1 aromatic carbocycles. The summed E-state index contributed by atoms with van der Waals surface area (Å²) >= 11 is 6.13. The molecule has 0 saturated carbocycles. The molecule has 1 amide bonds. The van der Waals surface area contributed by atoms with Crippen LogP contribution in [0.3, 0.4) is 0 Å². The van der Waals surface area contributed by atoms with Gasteiger partial charge in [0.1, 0.15) is 5.60 Å². The number of hydrogen-bond acceptors (Lipinski definition) is 7.